The maximum atomic E-state index is 11.4. The molecule has 130 valence electrons. The predicted octanol–water partition coefficient (Wildman–Crippen LogP) is 3.74. The number of benzene rings is 1. The molecule has 0 aromatic heterocycles. The van der Waals surface area contributed by atoms with Gasteiger partial charge < -0.3 is 14.6 Å². The van der Waals surface area contributed by atoms with Crippen LogP contribution in [0.1, 0.15) is 62.4 Å². The monoisotopic (exact) mass is 322 g/mol. The summed E-state index contributed by atoms with van der Waals surface area (Å²) in [6.45, 7) is 7.69. The van der Waals surface area contributed by atoms with Crippen molar-refractivity contribution in [2.24, 2.45) is 0 Å². The molecule has 0 atom stereocenters. The molecule has 0 saturated heterocycles. The third-order valence-corrected chi connectivity index (χ3v) is 4.04. The summed E-state index contributed by atoms with van der Waals surface area (Å²) in [5, 5.41) is 8.64. The van der Waals surface area contributed by atoms with Crippen LogP contribution in [0.5, 0.6) is 5.75 Å². The van der Waals surface area contributed by atoms with Crippen molar-refractivity contribution in [3.63, 3.8) is 0 Å². The highest BCUT2D eigenvalue weighted by Crippen LogP contribution is 2.32. The lowest BCUT2D eigenvalue weighted by molar-refractivity contribution is 0.0702. The van der Waals surface area contributed by atoms with E-state index in [4.69, 9.17) is 14.6 Å². The molecule has 1 aromatic carbocycles. The molecule has 0 heterocycles. The number of unbranched alkanes of at least 4 members (excludes halogenated alkanes) is 2. The number of aliphatic hydroxyl groups is 1. The molecule has 0 fully saturated rings. The van der Waals surface area contributed by atoms with E-state index < -0.39 is 0 Å². The van der Waals surface area contributed by atoms with E-state index in [1.807, 2.05) is 18.2 Å². The van der Waals surface area contributed by atoms with Crippen LogP contribution >= 0.6 is 0 Å². The van der Waals surface area contributed by atoms with Crippen LogP contribution in [0, 0.1) is 0 Å². The first kappa shape index (κ1) is 19.7. The molecule has 0 radical (unpaired) electrons. The van der Waals surface area contributed by atoms with Crippen LogP contribution in [0.15, 0.2) is 18.2 Å². The second kappa shape index (κ2) is 10.4. The number of hydrogen-bond acceptors (Lipinski definition) is 4. The van der Waals surface area contributed by atoms with Crippen molar-refractivity contribution in [1.82, 2.24) is 0 Å². The van der Waals surface area contributed by atoms with Gasteiger partial charge in [-0.05, 0) is 29.5 Å². The van der Waals surface area contributed by atoms with Gasteiger partial charge in [-0.25, -0.2) is 0 Å². The molecule has 0 aliphatic rings. The van der Waals surface area contributed by atoms with E-state index in [1.54, 1.807) is 0 Å². The number of aldehydes is 1. The summed E-state index contributed by atoms with van der Waals surface area (Å²) >= 11 is 0. The lowest BCUT2D eigenvalue weighted by Crippen LogP contribution is -2.17. The third-order valence-electron chi connectivity index (χ3n) is 4.04. The Morgan fingerprint density at radius 1 is 1.17 bits per heavy atom. The normalized spacial score (nSPS) is 11.5. The Hall–Kier alpha value is -1.39. The van der Waals surface area contributed by atoms with Crippen LogP contribution in [-0.4, -0.2) is 37.8 Å². The number of aliphatic hydroxyl groups excluding tert-OH is 1. The standard InChI is InChI=1S/C19H30O4/c1-4-5-6-9-19(2,3)17-7-8-18(16(14-17)15-21)23-13-12-22-11-10-20/h7-8,14-15,20H,4-6,9-13H2,1-3H3. The first-order valence-corrected chi connectivity index (χ1v) is 8.46. The molecule has 4 heteroatoms. The fourth-order valence-corrected chi connectivity index (χ4v) is 2.53. The molecule has 0 saturated carbocycles. The topological polar surface area (TPSA) is 55.8 Å². The van der Waals surface area contributed by atoms with Crippen LogP contribution < -0.4 is 4.74 Å². The largest absolute Gasteiger partial charge is 0.490 e. The van der Waals surface area contributed by atoms with Crippen molar-refractivity contribution in [3.05, 3.63) is 29.3 Å². The Morgan fingerprint density at radius 2 is 1.96 bits per heavy atom. The van der Waals surface area contributed by atoms with Crippen LogP contribution in [0.25, 0.3) is 0 Å². The number of hydrogen-bond donors (Lipinski definition) is 1. The van der Waals surface area contributed by atoms with Crippen molar-refractivity contribution < 1.29 is 19.4 Å². The average molecular weight is 322 g/mol. The fraction of sp³-hybridized carbons (Fsp3) is 0.632. The summed E-state index contributed by atoms with van der Waals surface area (Å²) in [4.78, 5) is 11.4. The van der Waals surface area contributed by atoms with Gasteiger partial charge in [0, 0.05) is 0 Å². The van der Waals surface area contributed by atoms with Crippen molar-refractivity contribution in [3.8, 4) is 5.75 Å². The van der Waals surface area contributed by atoms with Crippen molar-refractivity contribution in [2.45, 2.75) is 51.9 Å². The Morgan fingerprint density at radius 3 is 2.61 bits per heavy atom. The zero-order valence-corrected chi connectivity index (χ0v) is 14.6. The SMILES string of the molecule is CCCCCC(C)(C)c1ccc(OCCOCCO)c(C=O)c1. The molecule has 0 spiro atoms. The highest BCUT2D eigenvalue weighted by molar-refractivity contribution is 5.79. The lowest BCUT2D eigenvalue weighted by Gasteiger charge is -2.26. The van der Waals surface area contributed by atoms with Gasteiger partial charge in [0.15, 0.2) is 6.29 Å². The molecule has 0 unspecified atom stereocenters. The number of ether oxygens (including phenoxy) is 2. The van der Waals surface area contributed by atoms with Gasteiger partial charge >= 0.3 is 0 Å². The smallest absolute Gasteiger partial charge is 0.153 e. The Bertz CT molecular complexity index is 468. The van der Waals surface area contributed by atoms with Gasteiger partial charge in [-0.15, -0.1) is 0 Å². The maximum Gasteiger partial charge on any atom is 0.153 e. The Kier molecular flexibility index (Phi) is 8.89. The van der Waals surface area contributed by atoms with Crippen molar-refractivity contribution in [1.29, 1.82) is 0 Å². The Labute approximate surface area is 139 Å². The van der Waals surface area contributed by atoms with E-state index in [9.17, 15) is 4.79 Å². The second-order valence-corrected chi connectivity index (χ2v) is 6.40. The summed E-state index contributed by atoms with van der Waals surface area (Å²) in [7, 11) is 0. The van der Waals surface area contributed by atoms with Gasteiger partial charge in [-0.3, -0.25) is 4.79 Å². The van der Waals surface area contributed by atoms with E-state index in [2.05, 4.69) is 20.8 Å². The zero-order chi connectivity index (χ0) is 17.1. The summed E-state index contributed by atoms with van der Waals surface area (Å²) in [5.74, 6) is 0.584. The van der Waals surface area contributed by atoms with Gasteiger partial charge in [0.25, 0.3) is 0 Å². The predicted molar refractivity (Wildman–Crippen MR) is 92.4 cm³/mol. The highest BCUT2D eigenvalue weighted by atomic mass is 16.5. The van der Waals surface area contributed by atoms with Crippen LogP contribution in [0.2, 0.25) is 0 Å². The number of carbonyl (C=O) groups is 1. The molecule has 23 heavy (non-hydrogen) atoms. The molecule has 1 N–H and O–H groups in total. The number of rotatable bonds is 12. The minimum Gasteiger partial charge on any atom is -0.490 e. The highest BCUT2D eigenvalue weighted by Gasteiger charge is 2.21. The average Bonchev–Trinajstić information content (AvgIpc) is 2.54. The molecule has 1 rings (SSSR count). The van der Waals surface area contributed by atoms with Crippen LogP contribution in [0.3, 0.4) is 0 Å². The molecular formula is C19H30O4. The molecule has 0 aliphatic carbocycles. The minimum absolute atomic E-state index is 0.00139. The van der Waals surface area contributed by atoms with Gasteiger partial charge in [-0.1, -0.05) is 46.1 Å². The molecule has 0 bridgehead atoms. The van der Waals surface area contributed by atoms with E-state index in [0.29, 0.717) is 31.1 Å². The van der Waals surface area contributed by atoms with Crippen molar-refractivity contribution in [2.75, 3.05) is 26.4 Å². The van der Waals surface area contributed by atoms with E-state index in [1.165, 1.54) is 24.8 Å². The summed E-state index contributed by atoms with van der Waals surface area (Å²) < 4.78 is 10.8. The van der Waals surface area contributed by atoms with Crippen LogP contribution in [-0.2, 0) is 10.2 Å². The first-order valence-electron chi connectivity index (χ1n) is 8.46. The summed E-state index contributed by atoms with van der Waals surface area (Å²) in [5.41, 5.74) is 1.79. The second-order valence-electron chi connectivity index (χ2n) is 6.40. The van der Waals surface area contributed by atoms with Gasteiger partial charge in [0.2, 0.25) is 0 Å². The van der Waals surface area contributed by atoms with Crippen LogP contribution in [0.4, 0.5) is 0 Å². The van der Waals surface area contributed by atoms with Gasteiger partial charge in [0.05, 0.1) is 25.4 Å². The Balaban J connectivity index is 2.69. The first-order chi connectivity index (χ1) is 11.0. The quantitative estimate of drug-likeness (QED) is 0.470. The van der Waals surface area contributed by atoms with Gasteiger partial charge in [-0.2, -0.15) is 0 Å². The van der Waals surface area contributed by atoms with Gasteiger partial charge in [0.1, 0.15) is 12.4 Å². The molecule has 0 amide bonds. The minimum atomic E-state index is 0.00139. The van der Waals surface area contributed by atoms with E-state index in [-0.39, 0.29) is 12.0 Å². The maximum absolute atomic E-state index is 11.4. The molecule has 4 nitrogen and oxygen atoms in total. The van der Waals surface area contributed by atoms with E-state index in [0.717, 1.165) is 12.7 Å². The van der Waals surface area contributed by atoms with Crippen molar-refractivity contribution >= 4 is 6.29 Å². The lowest BCUT2D eigenvalue weighted by atomic mass is 9.79. The third kappa shape index (κ3) is 6.71. The molecule has 0 aliphatic heterocycles. The fourth-order valence-electron chi connectivity index (χ4n) is 2.53. The summed E-state index contributed by atoms with van der Waals surface area (Å²) in [6, 6.07) is 5.85. The van der Waals surface area contributed by atoms with E-state index >= 15 is 0 Å². The molecule has 1 aromatic rings. The molecular weight excluding hydrogens is 292 g/mol. The summed E-state index contributed by atoms with van der Waals surface area (Å²) in [6.07, 6.45) is 5.59. The zero-order valence-electron chi connectivity index (χ0n) is 14.6. The number of carbonyl (C=O) groups excluding carboxylic acids is 1.